The molecule has 1 fully saturated rings. The predicted molar refractivity (Wildman–Crippen MR) is 70.6 cm³/mol. The molecule has 0 bridgehead atoms. The maximum Gasteiger partial charge on any atom is 0.406 e. The van der Waals surface area contributed by atoms with Crippen molar-refractivity contribution < 1.29 is 27.9 Å². The second-order valence-corrected chi connectivity index (χ2v) is 6.86. The van der Waals surface area contributed by atoms with E-state index in [-0.39, 0.29) is 18.4 Å². The van der Waals surface area contributed by atoms with Crippen LogP contribution >= 0.6 is 0 Å². The van der Waals surface area contributed by atoms with Gasteiger partial charge in [-0.2, -0.15) is 13.2 Å². The first kappa shape index (κ1) is 17.8. The van der Waals surface area contributed by atoms with Crippen molar-refractivity contribution in [1.29, 1.82) is 0 Å². The van der Waals surface area contributed by atoms with Gasteiger partial charge in [-0.25, -0.2) is 0 Å². The van der Waals surface area contributed by atoms with Crippen LogP contribution < -0.4 is 0 Å². The summed E-state index contributed by atoms with van der Waals surface area (Å²) < 4.78 is 39.0. The quantitative estimate of drug-likeness (QED) is 0.868. The van der Waals surface area contributed by atoms with Crippen LogP contribution in [0.4, 0.5) is 13.2 Å². The van der Waals surface area contributed by atoms with E-state index in [9.17, 15) is 22.8 Å². The Balaban J connectivity index is 2.64. The molecule has 1 saturated heterocycles. The van der Waals surface area contributed by atoms with Crippen LogP contribution in [0.3, 0.4) is 0 Å². The number of aliphatic carboxylic acids is 1. The molecule has 4 nitrogen and oxygen atoms in total. The summed E-state index contributed by atoms with van der Waals surface area (Å²) in [6, 6.07) is 0. The largest absolute Gasteiger partial charge is 0.481 e. The fourth-order valence-corrected chi connectivity index (χ4v) is 2.48. The van der Waals surface area contributed by atoms with Crippen molar-refractivity contribution in [2.24, 2.45) is 10.8 Å². The third kappa shape index (κ3) is 4.11. The van der Waals surface area contributed by atoms with Crippen molar-refractivity contribution in [3.8, 4) is 0 Å². The van der Waals surface area contributed by atoms with Crippen LogP contribution in [0.25, 0.3) is 0 Å². The summed E-state index contributed by atoms with van der Waals surface area (Å²) in [5, 5.41) is 8.92. The predicted octanol–water partition coefficient (Wildman–Crippen LogP) is 3.07. The minimum absolute atomic E-state index is 0.0576. The zero-order chi connectivity index (χ0) is 16.5. The third-order valence-corrected chi connectivity index (χ3v) is 3.89. The number of carbonyl (C=O) groups is 2. The number of amides is 1. The zero-order valence-corrected chi connectivity index (χ0v) is 12.6. The molecule has 0 aromatic carbocycles. The van der Waals surface area contributed by atoms with Crippen LogP contribution in [0.15, 0.2) is 0 Å². The van der Waals surface area contributed by atoms with Gasteiger partial charge in [0.25, 0.3) is 0 Å². The standard InChI is InChI=1S/C14H22F3NO3/c1-12(2,3)6-4-5-10(19)18-8-7-13(9-18,11(20)21)14(15,16)17/h4-9H2,1-3H3,(H,20,21). The van der Waals surface area contributed by atoms with E-state index in [1.165, 1.54) is 0 Å². The van der Waals surface area contributed by atoms with Crippen molar-refractivity contribution in [3.63, 3.8) is 0 Å². The van der Waals surface area contributed by atoms with Crippen molar-refractivity contribution >= 4 is 11.9 Å². The fourth-order valence-electron chi connectivity index (χ4n) is 2.48. The van der Waals surface area contributed by atoms with Crippen LogP contribution in [-0.2, 0) is 9.59 Å². The lowest BCUT2D eigenvalue weighted by atomic mass is 9.86. The highest BCUT2D eigenvalue weighted by atomic mass is 19.4. The van der Waals surface area contributed by atoms with Crippen LogP contribution in [0.2, 0.25) is 0 Å². The molecule has 1 unspecified atom stereocenters. The Morgan fingerprint density at radius 1 is 1.24 bits per heavy atom. The highest BCUT2D eigenvalue weighted by Crippen LogP contribution is 2.45. The van der Waals surface area contributed by atoms with E-state index in [0.717, 1.165) is 11.3 Å². The molecule has 1 atom stereocenters. The Bertz CT molecular complexity index is 415. The zero-order valence-electron chi connectivity index (χ0n) is 12.6. The van der Waals surface area contributed by atoms with Gasteiger partial charge in [-0.1, -0.05) is 20.8 Å². The first-order valence-corrected chi connectivity index (χ1v) is 6.97. The minimum atomic E-state index is -4.85. The molecule has 0 saturated carbocycles. The molecule has 1 aliphatic rings. The number of carbonyl (C=O) groups excluding carboxylic acids is 1. The lowest BCUT2D eigenvalue weighted by Crippen LogP contribution is -2.47. The van der Waals surface area contributed by atoms with E-state index in [0.29, 0.717) is 6.42 Å². The number of rotatable bonds is 4. The molecule has 0 spiro atoms. The van der Waals surface area contributed by atoms with E-state index in [1.807, 2.05) is 20.8 Å². The van der Waals surface area contributed by atoms with Gasteiger partial charge in [0, 0.05) is 19.5 Å². The number of carboxylic acid groups (broad SMARTS) is 1. The van der Waals surface area contributed by atoms with Crippen LogP contribution in [-0.4, -0.2) is 41.1 Å². The molecule has 0 aromatic rings. The number of likely N-dealkylation sites (tertiary alicyclic amines) is 1. The lowest BCUT2D eigenvalue weighted by molar-refractivity contribution is -0.227. The fraction of sp³-hybridized carbons (Fsp3) is 0.857. The first-order chi connectivity index (χ1) is 9.39. The highest BCUT2D eigenvalue weighted by Gasteiger charge is 2.64. The summed E-state index contributed by atoms with van der Waals surface area (Å²) in [6.45, 7) is 5.13. The SMILES string of the molecule is CC(C)(C)CCCC(=O)N1CCC(C(=O)O)(C(F)(F)F)C1. The number of halogens is 3. The van der Waals surface area contributed by atoms with E-state index >= 15 is 0 Å². The maximum atomic E-state index is 13.0. The highest BCUT2D eigenvalue weighted by molar-refractivity contribution is 5.81. The maximum absolute atomic E-state index is 13.0. The topological polar surface area (TPSA) is 57.6 Å². The van der Waals surface area contributed by atoms with Crippen LogP contribution in [0, 0.1) is 10.8 Å². The molecule has 21 heavy (non-hydrogen) atoms. The van der Waals surface area contributed by atoms with Gasteiger partial charge >= 0.3 is 12.1 Å². The summed E-state index contributed by atoms with van der Waals surface area (Å²) >= 11 is 0. The second kappa shape index (κ2) is 5.85. The summed E-state index contributed by atoms with van der Waals surface area (Å²) in [7, 11) is 0. The Kier molecular flexibility index (Phi) is 4.95. The Morgan fingerprint density at radius 3 is 2.19 bits per heavy atom. The van der Waals surface area contributed by atoms with Crippen molar-refractivity contribution in [2.45, 2.75) is 52.6 Å². The van der Waals surface area contributed by atoms with Crippen molar-refractivity contribution in [3.05, 3.63) is 0 Å². The first-order valence-electron chi connectivity index (χ1n) is 6.97. The van der Waals surface area contributed by atoms with E-state index in [2.05, 4.69) is 0 Å². The summed E-state index contributed by atoms with van der Waals surface area (Å²) in [4.78, 5) is 24.0. The van der Waals surface area contributed by atoms with Crippen LogP contribution in [0.1, 0.15) is 46.5 Å². The molecular weight excluding hydrogens is 287 g/mol. The number of nitrogens with zero attached hydrogens (tertiary/aromatic N) is 1. The molecule has 122 valence electrons. The van der Waals surface area contributed by atoms with Crippen molar-refractivity contribution in [1.82, 2.24) is 4.90 Å². The molecule has 0 radical (unpaired) electrons. The van der Waals surface area contributed by atoms with Gasteiger partial charge < -0.3 is 10.0 Å². The molecule has 1 amide bonds. The van der Waals surface area contributed by atoms with Gasteiger partial charge in [0.05, 0.1) is 0 Å². The number of carboxylic acids is 1. The van der Waals surface area contributed by atoms with Gasteiger partial charge in [-0.3, -0.25) is 9.59 Å². The van der Waals surface area contributed by atoms with Crippen LogP contribution in [0.5, 0.6) is 0 Å². The number of alkyl halides is 3. The average Bonchev–Trinajstić information content (AvgIpc) is 2.72. The summed E-state index contributed by atoms with van der Waals surface area (Å²) in [5.41, 5.74) is -2.76. The Hall–Kier alpha value is -1.27. The van der Waals surface area contributed by atoms with Gasteiger partial charge in [0.15, 0.2) is 5.41 Å². The Morgan fingerprint density at radius 2 is 1.81 bits per heavy atom. The second-order valence-electron chi connectivity index (χ2n) is 6.86. The molecule has 0 aliphatic carbocycles. The van der Waals surface area contributed by atoms with Gasteiger partial charge in [-0.15, -0.1) is 0 Å². The normalized spacial score (nSPS) is 23.4. The summed E-state index contributed by atoms with van der Waals surface area (Å²) in [5.74, 6) is -2.30. The Labute approximate surface area is 122 Å². The molecule has 1 N–H and O–H groups in total. The molecular formula is C14H22F3NO3. The smallest absolute Gasteiger partial charge is 0.406 e. The van der Waals surface area contributed by atoms with Gasteiger partial charge in [0.2, 0.25) is 5.91 Å². The summed E-state index contributed by atoms with van der Waals surface area (Å²) in [6.07, 6.45) is -3.89. The van der Waals surface area contributed by atoms with Gasteiger partial charge in [-0.05, 0) is 24.7 Å². The monoisotopic (exact) mass is 309 g/mol. The van der Waals surface area contributed by atoms with E-state index in [1.54, 1.807) is 0 Å². The lowest BCUT2D eigenvalue weighted by Gasteiger charge is -2.27. The number of hydrogen-bond acceptors (Lipinski definition) is 2. The molecule has 7 heteroatoms. The van der Waals surface area contributed by atoms with Gasteiger partial charge in [0.1, 0.15) is 0 Å². The minimum Gasteiger partial charge on any atom is -0.481 e. The molecule has 1 aliphatic heterocycles. The van der Waals surface area contributed by atoms with Crippen molar-refractivity contribution in [2.75, 3.05) is 13.1 Å². The molecule has 0 aromatic heterocycles. The van der Waals surface area contributed by atoms with E-state index in [4.69, 9.17) is 5.11 Å². The average molecular weight is 309 g/mol. The van der Waals surface area contributed by atoms with E-state index < -0.39 is 36.4 Å². The third-order valence-electron chi connectivity index (χ3n) is 3.89. The molecule has 1 heterocycles. The molecule has 1 rings (SSSR count). The number of hydrogen-bond donors (Lipinski definition) is 1.